The van der Waals surface area contributed by atoms with Gasteiger partial charge in [0.15, 0.2) is 5.75 Å². The number of anilines is 3. The molecule has 0 aliphatic heterocycles. The maximum atomic E-state index is 6.54. The summed E-state index contributed by atoms with van der Waals surface area (Å²) in [6.07, 6.45) is 8.74. The second-order valence-corrected chi connectivity index (χ2v) is 12.7. The van der Waals surface area contributed by atoms with Gasteiger partial charge in [0.1, 0.15) is 12.3 Å². The Hall–Kier alpha value is -6.45. The minimum atomic E-state index is 0.493. The molecule has 7 aromatic carbocycles. The van der Waals surface area contributed by atoms with E-state index in [1.165, 1.54) is 27.8 Å². The lowest BCUT2D eigenvalue weighted by atomic mass is 9.96. The molecule has 0 atom stereocenters. The Balaban J connectivity index is 1.18. The van der Waals surface area contributed by atoms with Crippen LogP contribution in [-0.4, -0.2) is 13.3 Å². The van der Waals surface area contributed by atoms with Crippen molar-refractivity contribution < 1.29 is 4.74 Å². The van der Waals surface area contributed by atoms with Crippen molar-refractivity contribution in [1.82, 2.24) is 0 Å². The lowest BCUT2D eigenvalue weighted by molar-refractivity contribution is 0.360. The van der Waals surface area contributed by atoms with Crippen molar-refractivity contribution >= 4 is 40.2 Å². The number of ether oxygens (including phenoxy) is 1. The Morgan fingerprint density at radius 3 is 1.61 bits per heavy atom. The molecule has 0 saturated heterocycles. The van der Waals surface area contributed by atoms with Crippen molar-refractivity contribution in [3.63, 3.8) is 0 Å². The van der Waals surface area contributed by atoms with E-state index in [-0.39, 0.29) is 0 Å². The molecule has 3 heteroatoms. The van der Waals surface area contributed by atoms with Crippen molar-refractivity contribution in [1.29, 1.82) is 0 Å². The molecule has 3 nitrogen and oxygen atoms in total. The summed E-state index contributed by atoms with van der Waals surface area (Å²) in [5.74, 6) is 0.765. The summed E-state index contributed by atoms with van der Waals surface area (Å²) in [6, 6.07) is 58.0. The Labute approximate surface area is 300 Å². The zero-order chi connectivity index (χ0) is 34.4. The Bertz CT molecular complexity index is 2260. The average molecular weight is 659 g/mol. The quantitative estimate of drug-likeness (QED) is 0.137. The van der Waals surface area contributed by atoms with Crippen LogP contribution >= 0.6 is 0 Å². The molecule has 0 amide bonds. The van der Waals surface area contributed by atoms with Crippen LogP contribution < -0.4 is 9.64 Å². The highest BCUT2D eigenvalue weighted by Gasteiger charge is 2.17. The third-order valence-electron chi connectivity index (χ3n) is 9.50. The van der Waals surface area contributed by atoms with Crippen molar-refractivity contribution in [2.45, 2.75) is 12.8 Å². The van der Waals surface area contributed by atoms with Gasteiger partial charge >= 0.3 is 0 Å². The van der Waals surface area contributed by atoms with Crippen LogP contribution in [0.2, 0.25) is 0 Å². The second kappa shape index (κ2) is 14.6. The van der Waals surface area contributed by atoms with Crippen LogP contribution in [0, 0.1) is 0 Å². The molecule has 0 saturated carbocycles. The topological polar surface area (TPSA) is 24.8 Å². The van der Waals surface area contributed by atoms with Crippen LogP contribution in [0.15, 0.2) is 193 Å². The molecule has 0 unspecified atom stereocenters. The monoisotopic (exact) mass is 658 g/mol. The predicted molar refractivity (Wildman–Crippen MR) is 216 cm³/mol. The molecule has 0 N–H and O–H groups in total. The number of aliphatic imine (C=N–C) groups is 1. The average Bonchev–Trinajstić information content (AvgIpc) is 3.21. The van der Waals surface area contributed by atoms with E-state index in [0.29, 0.717) is 6.61 Å². The van der Waals surface area contributed by atoms with Gasteiger partial charge in [-0.15, -0.1) is 0 Å². The minimum Gasteiger partial charge on any atom is -0.486 e. The summed E-state index contributed by atoms with van der Waals surface area (Å²) in [5.41, 5.74) is 12.1. The number of benzene rings is 7. The summed E-state index contributed by atoms with van der Waals surface area (Å²) in [4.78, 5) is 6.67. The highest BCUT2D eigenvalue weighted by molar-refractivity contribution is 6.04. The van der Waals surface area contributed by atoms with Crippen molar-refractivity contribution in [3.8, 4) is 39.1 Å². The van der Waals surface area contributed by atoms with Crippen molar-refractivity contribution in [2.24, 2.45) is 4.99 Å². The van der Waals surface area contributed by atoms with Gasteiger partial charge in [-0.2, -0.15) is 0 Å². The van der Waals surface area contributed by atoms with E-state index >= 15 is 0 Å². The van der Waals surface area contributed by atoms with Crippen LogP contribution in [0.4, 0.5) is 22.7 Å². The van der Waals surface area contributed by atoms with Crippen LogP contribution in [0.25, 0.3) is 44.2 Å². The lowest BCUT2D eigenvalue weighted by Crippen LogP contribution is -2.09. The first-order valence-electron chi connectivity index (χ1n) is 17.5. The Kier molecular flexibility index (Phi) is 9.09. The molecule has 0 bridgehead atoms. The van der Waals surface area contributed by atoms with Gasteiger partial charge < -0.3 is 9.64 Å². The fourth-order valence-electron chi connectivity index (χ4n) is 6.88. The third kappa shape index (κ3) is 6.75. The highest BCUT2D eigenvalue weighted by Crippen LogP contribution is 2.43. The van der Waals surface area contributed by atoms with Crippen LogP contribution in [0.3, 0.4) is 0 Å². The Morgan fingerprint density at radius 1 is 0.529 bits per heavy atom. The molecule has 8 rings (SSSR count). The van der Waals surface area contributed by atoms with Gasteiger partial charge in [0.2, 0.25) is 0 Å². The van der Waals surface area contributed by atoms with Gasteiger partial charge in [0, 0.05) is 22.4 Å². The molecule has 0 spiro atoms. The maximum Gasteiger partial charge on any atom is 0.153 e. The van der Waals surface area contributed by atoms with Crippen LogP contribution in [-0.2, 0) is 0 Å². The van der Waals surface area contributed by atoms with Gasteiger partial charge in [-0.3, -0.25) is 4.99 Å². The number of nitrogens with zero attached hydrogens (tertiary/aromatic N) is 2. The minimum absolute atomic E-state index is 0.493. The first-order chi connectivity index (χ1) is 25.2. The van der Waals surface area contributed by atoms with E-state index in [1.54, 1.807) is 0 Å². The molecule has 1 aliphatic carbocycles. The van der Waals surface area contributed by atoms with Gasteiger partial charge in [-0.1, -0.05) is 140 Å². The van der Waals surface area contributed by atoms with E-state index in [2.05, 4.69) is 193 Å². The van der Waals surface area contributed by atoms with Gasteiger partial charge in [0.25, 0.3) is 0 Å². The fourth-order valence-corrected chi connectivity index (χ4v) is 6.88. The van der Waals surface area contributed by atoms with E-state index in [4.69, 9.17) is 4.74 Å². The molecule has 1 aliphatic rings. The highest BCUT2D eigenvalue weighted by atomic mass is 16.5. The molecular formula is C48H38N2O. The molecule has 0 fully saturated rings. The van der Waals surface area contributed by atoms with Crippen LogP contribution in [0.1, 0.15) is 12.8 Å². The number of rotatable bonds is 10. The van der Waals surface area contributed by atoms with Gasteiger partial charge in [0.05, 0.1) is 0 Å². The fraction of sp³-hybridized carbons (Fsp3) is 0.0625. The molecule has 0 heterocycles. The number of allylic oxidation sites excluding steroid dienone is 2. The SMILES string of the molecule is C=Nc1ccc2cccc(-c3ccc(N(c4ccc(-c5ccccc5)cc4)c4ccc(-c5ccccc5)cc4)cc3)c2c1OCC1=CCCC=C1. The standard InChI is InChI=1S/C48H38N2O/c1-49-46-33-26-41-18-11-19-45(47(41)48(46)51-34-35-12-5-2-6-13-35)40-24-31-44(32-25-40)50(42-27-20-38(21-28-42)36-14-7-3-8-15-36)43-29-22-39(23-30-43)37-16-9-4-10-17-37/h3-5,7-33H,1-2,6,34H2. The van der Waals surface area contributed by atoms with E-state index in [0.717, 1.165) is 63.2 Å². The zero-order valence-electron chi connectivity index (χ0n) is 28.5. The molecular weight excluding hydrogens is 621 g/mol. The van der Waals surface area contributed by atoms with Crippen LogP contribution in [0.5, 0.6) is 5.75 Å². The summed E-state index contributed by atoms with van der Waals surface area (Å²) in [7, 11) is 0. The smallest absolute Gasteiger partial charge is 0.153 e. The summed E-state index contributed by atoms with van der Waals surface area (Å²) >= 11 is 0. The maximum absolute atomic E-state index is 6.54. The molecule has 51 heavy (non-hydrogen) atoms. The van der Waals surface area contributed by atoms with E-state index in [9.17, 15) is 0 Å². The van der Waals surface area contributed by atoms with Crippen molar-refractivity contribution in [2.75, 3.05) is 11.5 Å². The normalized spacial score (nSPS) is 12.4. The number of hydrogen-bond donors (Lipinski definition) is 0. The first-order valence-corrected chi connectivity index (χ1v) is 17.5. The second-order valence-electron chi connectivity index (χ2n) is 12.7. The molecule has 246 valence electrons. The van der Waals surface area contributed by atoms with E-state index < -0.39 is 0 Å². The number of hydrogen-bond acceptors (Lipinski definition) is 3. The Morgan fingerprint density at radius 2 is 1.08 bits per heavy atom. The lowest BCUT2D eigenvalue weighted by Gasteiger charge is -2.26. The molecule has 0 radical (unpaired) electrons. The number of fused-ring (bicyclic) bond motifs is 1. The molecule has 0 aromatic heterocycles. The largest absolute Gasteiger partial charge is 0.486 e. The predicted octanol–water partition coefficient (Wildman–Crippen LogP) is 13.3. The van der Waals surface area contributed by atoms with E-state index in [1.807, 2.05) is 6.07 Å². The van der Waals surface area contributed by atoms with Crippen molar-refractivity contribution in [3.05, 3.63) is 188 Å². The van der Waals surface area contributed by atoms with Gasteiger partial charge in [-0.25, -0.2) is 0 Å². The summed E-state index contributed by atoms with van der Waals surface area (Å²) in [6.45, 7) is 4.36. The zero-order valence-corrected chi connectivity index (χ0v) is 28.5. The summed E-state index contributed by atoms with van der Waals surface area (Å²) in [5, 5.41) is 2.14. The summed E-state index contributed by atoms with van der Waals surface area (Å²) < 4.78 is 6.54. The van der Waals surface area contributed by atoms with Gasteiger partial charge in [-0.05, 0) is 106 Å². The molecule has 7 aromatic rings. The third-order valence-corrected chi connectivity index (χ3v) is 9.50. The first kappa shape index (κ1) is 31.8.